The molecule has 0 aliphatic heterocycles. The number of para-hydroxylation sites is 1. The van der Waals surface area contributed by atoms with Gasteiger partial charge in [0.25, 0.3) is 30.4 Å². The highest BCUT2D eigenvalue weighted by atomic mass is 32.2. The van der Waals surface area contributed by atoms with Crippen molar-refractivity contribution in [1.82, 2.24) is 0 Å². The molecule has 0 fully saturated rings. The fourth-order valence-corrected chi connectivity index (χ4v) is 8.63. The molecular weight excluding hydrogens is 923 g/mol. The van der Waals surface area contributed by atoms with Crippen LogP contribution in [-0.4, -0.2) is 71.1 Å². The number of anilines is 1. The van der Waals surface area contributed by atoms with Gasteiger partial charge >= 0.3 is 0 Å². The molecule has 0 unspecified atom stereocenters. The van der Waals surface area contributed by atoms with Gasteiger partial charge in [-0.3, -0.25) is 18.4 Å². The van der Waals surface area contributed by atoms with Gasteiger partial charge in [0, 0.05) is 16.8 Å². The average Bonchev–Trinajstić information content (AvgIpc) is 3.19. The van der Waals surface area contributed by atoms with Gasteiger partial charge in [-0.2, -0.15) is 35.5 Å². The van der Waals surface area contributed by atoms with Crippen molar-refractivity contribution in [2.24, 2.45) is 30.7 Å². The quantitative estimate of drug-likeness (QED) is 0.0185. The first-order valence-electron chi connectivity index (χ1n) is 16.5. The van der Waals surface area contributed by atoms with E-state index in [0.29, 0.717) is 18.1 Å². The number of ether oxygens (including phenoxy) is 1. The Hall–Kier alpha value is -6.05. The first kappa shape index (κ1) is 45.5. The highest BCUT2D eigenvalue weighted by Crippen LogP contribution is 2.47. The van der Waals surface area contributed by atoms with E-state index in [-0.39, 0.29) is 66.3 Å². The minimum Gasteiger partial charge on any atom is -0.505 e. The maximum absolute atomic E-state index is 12.6. The van der Waals surface area contributed by atoms with E-state index in [1.807, 2.05) is 0 Å². The maximum atomic E-state index is 12.6. The number of methoxy groups -OCH3 is 1. The van der Waals surface area contributed by atoms with Gasteiger partial charge < -0.3 is 9.84 Å². The topological polar surface area (TPSA) is 352 Å². The number of phenolic OH excluding ortho intramolecular Hbond substituents is 1. The Kier molecular flexibility index (Phi) is 13.0. The molecule has 6 aromatic rings. The van der Waals surface area contributed by atoms with Crippen LogP contribution in [0.4, 0.5) is 39.8 Å². The smallest absolute Gasteiger partial charge is 0.296 e. The fraction of sp³-hybridized carbons (Fsp3) is 0.0588. The lowest BCUT2D eigenvalue weighted by Crippen LogP contribution is -2.09. The van der Waals surface area contributed by atoms with Crippen LogP contribution < -0.4 is 9.46 Å². The first-order valence-corrected chi connectivity index (χ1v) is 23.5. The molecule has 0 saturated heterocycles. The minimum absolute atomic E-state index is 0.00186. The molecular formula is C34H27N7O16S5. The number of phenols is 1. The van der Waals surface area contributed by atoms with Gasteiger partial charge in [0.05, 0.1) is 52.3 Å². The van der Waals surface area contributed by atoms with Crippen LogP contribution >= 0.6 is 12.0 Å². The SMILES string of the molecule is COc1cc(N=Nc2ccc3c(S(=O)(=O)O)cc(S(=O)(=O)O)cc3c2)ccc1N=Nc1cc2c(O)c(N=Nc3ccccc3NS(C)(=O)=O)c(SOOO)cc2cc1S(=O)(=O)O. The van der Waals surface area contributed by atoms with Gasteiger partial charge in [-0.1, -0.05) is 23.2 Å². The molecule has 0 heterocycles. The van der Waals surface area contributed by atoms with Crippen LogP contribution in [0.25, 0.3) is 21.5 Å². The highest BCUT2D eigenvalue weighted by Gasteiger charge is 2.23. The summed E-state index contributed by atoms with van der Waals surface area (Å²) in [5.41, 5.74) is -0.497. The Balaban J connectivity index is 1.37. The summed E-state index contributed by atoms with van der Waals surface area (Å²) < 4.78 is 138. The third kappa shape index (κ3) is 10.7. The molecule has 6 N–H and O–H groups in total. The summed E-state index contributed by atoms with van der Waals surface area (Å²) in [5, 5.41) is 48.0. The first-order chi connectivity index (χ1) is 29.1. The minimum atomic E-state index is -5.02. The number of nitrogens with zero attached hydrogens (tertiary/aromatic N) is 6. The van der Waals surface area contributed by atoms with Crippen LogP contribution in [0.5, 0.6) is 11.5 Å². The van der Waals surface area contributed by atoms with Crippen LogP contribution in [0, 0.1) is 0 Å². The molecule has 0 spiro atoms. The van der Waals surface area contributed by atoms with Crippen molar-refractivity contribution in [3.63, 3.8) is 0 Å². The van der Waals surface area contributed by atoms with Crippen LogP contribution in [-0.2, 0) is 49.7 Å². The normalized spacial score (nSPS) is 12.9. The Morgan fingerprint density at radius 1 is 0.613 bits per heavy atom. The van der Waals surface area contributed by atoms with Crippen molar-refractivity contribution in [2.75, 3.05) is 18.1 Å². The lowest BCUT2D eigenvalue weighted by atomic mass is 10.1. The monoisotopic (exact) mass is 949 g/mol. The van der Waals surface area contributed by atoms with E-state index in [1.54, 1.807) is 0 Å². The fourth-order valence-electron chi connectivity index (χ4n) is 5.56. The number of aromatic hydroxyl groups is 1. The molecule has 0 aliphatic rings. The summed E-state index contributed by atoms with van der Waals surface area (Å²) in [6.07, 6.45) is 0.923. The molecule has 6 rings (SSSR count). The Morgan fingerprint density at radius 3 is 1.89 bits per heavy atom. The van der Waals surface area contributed by atoms with Gasteiger partial charge in [0.15, 0.2) is 5.75 Å². The summed E-state index contributed by atoms with van der Waals surface area (Å²) in [5.74, 6) is -0.615. The van der Waals surface area contributed by atoms with Crippen molar-refractivity contribution >= 4 is 114 Å². The molecule has 0 radical (unpaired) electrons. The molecule has 324 valence electrons. The van der Waals surface area contributed by atoms with E-state index in [9.17, 15) is 52.4 Å². The van der Waals surface area contributed by atoms with E-state index in [2.05, 4.69) is 44.8 Å². The lowest BCUT2D eigenvalue weighted by Gasteiger charge is -2.12. The summed E-state index contributed by atoms with van der Waals surface area (Å²) in [7, 11) is -17.3. The number of rotatable bonds is 15. The average molecular weight is 950 g/mol. The van der Waals surface area contributed by atoms with Crippen molar-refractivity contribution in [1.29, 1.82) is 0 Å². The largest absolute Gasteiger partial charge is 0.505 e. The van der Waals surface area contributed by atoms with E-state index < -0.39 is 66.5 Å². The summed E-state index contributed by atoms with van der Waals surface area (Å²) in [4.78, 5) is -2.42. The summed E-state index contributed by atoms with van der Waals surface area (Å²) in [6.45, 7) is 0. The van der Waals surface area contributed by atoms with Gasteiger partial charge in [0.1, 0.15) is 38.3 Å². The third-order valence-electron chi connectivity index (χ3n) is 8.18. The predicted octanol–water partition coefficient (Wildman–Crippen LogP) is 8.49. The van der Waals surface area contributed by atoms with Gasteiger partial charge in [-0.15, -0.1) is 24.8 Å². The Labute approximate surface area is 354 Å². The van der Waals surface area contributed by atoms with Crippen molar-refractivity contribution in [3.8, 4) is 11.5 Å². The van der Waals surface area contributed by atoms with Crippen LogP contribution in [0.3, 0.4) is 0 Å². The van der Waals surface area contributed by atoms with E-state index in [4.69, 9.17) is 9.99 Å². The number of sulfonamides is 1. The molecule has 0 aliphatic carbocycles. The highest BCUT2D eigenvalue weighted by molar-refractivity contribution is 7.94. The van der Waals surface area contributed by atoms with Gasteiger partial charge in [-0.05, 0) is 77.5 Å². The predicted molar refractivity (Wildman–Crippen MR) is 220 cm³/mol. The summed E-state index contributed by atoms with van der Waals surface area (Å²) in [6, 6.07) is 18.6. The second-order valence-corrected chi connectivity index (χ2v) is 19.1. The second-order valence-electron chi connectivity index (χ2n) is 12.4. The van der Waals surface area contributed by atoms with Crippen molar-refractivity contribution in [2.45, 2.75) is 19.6 Å². The van der Waals surface area contributed by atoms with E-state index >= 15 is 0 Å². The molecule has 0 amide bonds. The standard InChI is InChI=1S/C34H27N7O16S5/c1-55-29-15-21(36-35-20-7-9-23-18(11-20)12-22(60(46,47)48)16-31(23)61(49,50)51)8-10-27(29)38-39-28-17-24-19(14-32(28)62(52,53)54)13-30(58-57-56-43)33(34(24)42)40-37-25-5-3-4-6-26(25)41-59(2,44)45/h3-17,41-43H,1-2H3,(H,46,47,48)(H,49,50,51)(H,52,53,54). The molecule has 0 aromatic heterocycles. The number of azo groups is 3. The van der Waals surface area contributed by atoms with Crippen molar-refractivity contribution in [3.05, 3.63) is 91.0 Å². The van der Waals surface area contributed by atoms with Crippen LogP contribution in [0.15, 0.2) is 141 Å². The van der Waals surface area contributed by atoms with Gasteiger partial charge in [-0.25, -0.2) is 13.7 Å². The van der Waals surface area contributed by atoms with Crippen molar-refractivity contribution < 1.29 is 71.8 Å². The molecule has 28 heteroatoms. The zero-order valence-corrected chi connectivity index (χ0v) is 35.2. The summed E-state index contributed by atoms with van der Waals surface area (Å²) >= 11 is 0.324. The number of benzene rings is 6. The molecule has 0 bridgehead atoms. The van der Waals surface area contributed by atoms with Crippen LogP contribution in [0.1, 0.15) is 0 Å². The third-order valence-corrected chi connectivity index (χ3v) is 12.0. The molecule has 0 atom stereocenters. The zero-order valence-electron chi connectivity index (χ0n) is 31.1. The van der Waals surface area contributed by atoms with Gasteiger partial charge in [0.2, 0.25) is 10.0 Å². The lowest BCUT2D eigenvalue weighted by molar-refractivity contribution is -0.432. The number of hydrogen-bond donors (Lipinski definition) is 6. The maximum Gasteiger partial charge on any atom is 0.296 e. The number of fused-ring (bicyclic) bond motifs is 2. The molecule has 23 nitrogen and oxygen atoms in total. The molecule has 0 saturated carbocycles. The van der Waals surface area contributed by atoms with E-state index in [1.165, 1.54) is 73.8 Å². The molecule has 6 aromatic carbocycles. The Morgan fingerprint density at radius 2 is 1.24 bits per heavy atom. The Bertz CT molecular complexity index is 3330. The van der Waals surface area contributed by atoms with E-state index in [0.717, 1.165) is 24.5 Å². The number of hydrogen-bond acceptors (Lipinski definition) is 20. The second kappa shape index (κ2) is 17.7. The zero-order chi connectivity index (χ0) is 45.2. The number of nitrogens with one attached hydrogen (secondary N) is 1. The molecule has 62 heavy (non-hydrogen) atoms. The van der Waals surface area contributed by atoms with Crippen LogP contribution in [0.2, 0.25) is 0 Å².